The van der Waals surface area contributed by atoms with Crippen molar-refractivity contribution in [1.82, 2.24) is 4.90 Å². The second-order valence-electron chi connectivity index (χ2n) is 17.1. The van der Waals surface area contributed by atoms with Crippen LogP contribution in [-0.2, 0) is 76.1 Å². The Kier molecular flexibility index (Phi) is 21.3. The van der Waals surface area contributed by atoms with Crippen LogP contribution < -0.4 is 0 Å². The van der Waals surface area contributed by atoms with Crippen molar-refractivity contribution in [1.29, 1.82) is 0 Å². The van der Waals surface area contributed by atoms with E-state index in [1.54, 1.807) is 84.8 Å². The van der Waals surface area contributed by atoms with Crippen LogP contribution in [0, 0.1) is 11.8 Å². The summed E-state index contributed by atoms with van der Waals surface area (Å²) in [6.45, 7) is 14.4. The number of aliphatic hydroxyl groups is 1. The van der Waals surface area contributed by atoms with Crippen molar-refractivity contribution in [2.75, 3.05) is 21.2 Å². The lowest BCUT2D eigenvalue weighted by Crippen LogP contribution is -2.66. The van der Waals surface area contributed by atoms with Gasteiger partial charge in [0, 0.05) is 53.1 Å². The largest absolute Gasteiger partial charge is 0.462 e. The minimum Gasteiger partial charge on any atom is -0.462 e. The summed E-state index contributed by atoms with van der Waals surface area (Å²) in [7, 11) is 4.82. The Morgan fingerprint density at radius 3 is 2.16 bits per heavy atom. The molecular weight excluding hydrogens is 826 g/mol. The average Bonchev–Trinajstić information content (AvgIpc) is 3.18. The van der Waals surface area contributed by atoms with Crippen LogP contribution >= 0.6 is 0 Å². The molecule has 16 unspecified atom stereocenters. The van der Waals surface area contributed by atoms with Crippen molar-refractivity contribution in [2.45, 2.75) is 193 Å². The summed E-state index contributed by atoms with van der Waals surface area (Å²) >= 11 is 0. The Balaban J connectivity index is 2.09. The average molecular weight is 898 g/mol. The summed E-state index contributed by atoms with van der Waals surface area (Å²) in [5.74, 6) is -4.06. The number of nitrogens with zero attached hydrogens (tertiary/aromatic N) is 1. The van der Waals surface area contributed by atoms with Gasteiger partial charge in [-0.3, -0.25) is 24.0 Å². The Morgan fingerprint density at radius 2 is 1.57 bits per heavy atom. The first-order chi connectivity index (χ1) is 29.7. The smallest absolute Gasteiger partial charge is 0.309 e. The first-order valence-corrected chi connectivity index (χ1v) is 21.9. The van der Waals surface area contributed by atoms with Gasteiger partial charge < -0.3 is 62.2 Å². The lowest BCUT2D eigenvalue weighted by Gasteiger charge is -2.50. The molecule has 0 aliphatic carbocycles. The van der Waals surface area contributed by atoms with Gasteiger partial charge in [0.2, 0.25) is 0 Å². The molecule has 18 nitrogen and oxygen atoms in total. The summed E-state index contributed by atoms with van der Waals surface area (Å²) < 4.78 is 60.7. The zero-order valence-electron chi connectivity index (χ0n) is 38.9. The standard InChI is InChI=1S/C45H71NO17/c1-13-34(50)59-33-23-36(52)55-26(4)18-16-15-17-19-32(58-29(7)48)25(3)22-31(20-21-47)41(42(33)54-12)62-44-39(53)38(46(10)11)40(27(5)57-44)61-37-24-45(9,63-30(8)49)43(28(6)56-37)60-35(51)14-2/h15-17,19,21,25-28,31-33,37-44,53H,13-14,18,20,22-24H2,1-12H3. The Morgan fingerprint density at radius 1 is 0.905 bits per heavy atom. The molecule has 0 spiro atoms. The molecule has 3 aliphatic heterocycles. The van der Waals surface area contributed by atoms with Crippen LogP contribution in [0.3, 0.4) is 0 Å². The molecule has 1 N–H and O–H groups in total. The molecule has 0 bridgehead atoms. The van der Waals surface area contributed by atoms with E-state index < -0.39 is 133 Å². The van der Waals surface area contributed by atoms with Crippen LogP contribution in [0.1, 0.15) is 107 Å². The normalized spacial score (nSPS) is 37.0. The lowest BCUT2D eigenvalue weighted by molar-refractivity contribution is -0.344. The number of rotatable bonds is 14. The third kappa shape index (κ3) is 15.4. The SMILES string of the molecule is CCC(=O)OC1CC(=O)OC(C)CC=CC=CC(OC(C)=O)C(C)CC(CC=O)C(OC2OC(C)C(OC3CC(C)(OC(C)=O)C(OC(=O)CC)C(C)O3)C(N(C)C)C2O)C1OC. The van der Waals surface area contributed by atoms with E-state index >= 15 is 0 Å². The lowest BCUT2D eigenvalue weighted by atomic mass is 9.82. The third-order valence-corrected chi connectivity index (χ3v) is 11.5. The van der Waals surface area contributed by atoms with Gasteiger partial charge in [0.15, 0.2) is 24.3 Å². The van der Waals surface area contributed by atoms with Gasteiger partial charge in [-0.2, -0.15) is 0 Å². The van der Waals surface area contributed by atoms with Crippen LogP contribution in [0.15, 0.2) is 24.3 Å². The number of cyclic esters (lactones) is 1. The number of carbonyl (C=O) groups excluding carboxylic acids is 6. The fourth-order valence-electron chi connectivity index (χ4n) is 8.57. The molecule has 16 atom stereocenters. The molecule has 3 aliphatic rings. The van der Waals surface area contributed by atoms with Crippen molar-refractivity contribution >= 4 is 36.1 Å². The quantitative estimate of drug-likeness (QED) is 0.148. The van der Waals surface area contributed by atoms with Gasteiger partial charge in [0.1, 0.15) is 42.9 Å². The molecule has 2 fully saturated rings. The topological polar surface area (TPSA) is 218 Å². The molecule has 0 aromatic rings. The van der Waals surface area contributed by atoms with Gasteiger partial charge in [-0.1, -0.05) is 39.0 Å². The van der Waals surface area contributed by atoms with Gasteiger partial charge in [-0.05, 0) is 66.1 Å². The van der Waals surface area contributed by atoms with Gasteiger partial charge in [-0.15, -0.1) is 0 Å². The van der Waals surface area contributed by atoms with E-state index in [1.807, 2.05) is 6.92 Å². The number of aldehydes is 1. The van der Waals surface area contributed by atoms with Crippen LogP contribution in [0.5, 0.6) is 0 Å². The molecule has 0 aromatic heterocycles. The van der Waals surface area contributed by atoms with Crippen molar-refractivity contribution in [2.24, 2.45) is 11.8 Å². The van der Waals surface area contributed by atoms with Gasteiger partial charge in [0.05, 0.1) is 30.8 Å². The first-order valence-electron chi connectivity index (χ1n) is 21.9. The summed E-state index contributed by atoms with van der Waals surface area (Å²) in [6.07, 6.45) is -4.48. The number of allylic oxidation sites excluding steroid dienone is 2. The maximum Gasteiger partial charge on any atom is 0.309 e. The van der Waals surface area contributed by atoms with E-state index in [0.29, 0.717) is 12.7 Å². The van der Waals surface area contributed by atoms with Crippen LogP contribution in [0.25, 0.3) is 0 Å². The molecule has 0 amide bonds. The molecule has 0 aromatic carbocycles. The molecule has 63 heavy (non-hydrogen) atoms. The van der Waals surface area contributed by atoms with Gasteiger partial charge in [-0.25, -0.2) is 0 Å². The first kappa shape index (κ1) is 53.6. The van der Waals surface area contributed by atoms with E-state index in [4.69, 9.17) is 47.4 Å². The minimum absolute atomic E-state index is 0.0260. The second-order valence-corrected chi connectivity index (χ2v) is 17.1. The second kappa shape index (κ2) is 25.1. The highest BCUT2D eigenvalue weighted by atomic mass is 16.7. The molecule has 2 saturated heterocycles. The van der Waals surface area contributed by atoms with Crippen molar-refractivity contribution in [3.05, 3.63) is 24.3 Å². The fourth-order valence-corrected chi connectivity index (χ4v) is 8.57. The summed E-state index contributed by atoms with van der Waals surface area (Å²) in [4.78, 5) is 77.6. The number of ether oxygens (including phenoxy) is 10. The Labute approximate surface area is 371 Å². The van der Waals surface area contributed by atoms with Crippen LogP contribution in [0.4, 0.5) is 0 Å². The van der Waals surface area contributed by atoms with Crippen molar-refractivity contribution in [3.8, 4) is 0 Å². The van der Waals surface area contributed by atoms with E-state index in [1.165, 1.54) is 21.0 Å². The number of methoxy groups -OCH3 is 1. The third-order valence-electron chi connectivity index (χ3n) is 11.5. The summed E-state index contributed by atoms with van der Waals surface area (Å²) in [6, 6.07) is -0.833. The van der Waals surface area contributed by atoms with E-state index in [9.17, 15) is 33.9 Å². The van der Waals surface area contributed by atoms with E-state index in [-0.39, 0.29) is 32.1 Å². The highest BCUT2D eigenvalue weighted by Crippen LogP contribution is 2.39. The molecule has 18 heteroatoms. The zero-order chi connectivity index (χ0) is 47.2. The number of hydrogen-bond acceptors (Lipinski definition) is 18. The molecule has 3 rings (SSSR count). The number of likely N-dealkylation sites (N-methyl/N-ethyl adjacent to an activating group) is 1. The van der Waals surface area contributed by atoms with Gasteiger partial charge in [0.25, 0.3) is 0 Å². The van der Waals surface area contributed by atoms with E-state index in [0.717, 1.165) is 0 Å². The summed E-state index contributed by atoms with van der Waals surface area (Å²) in [5.41, 5.74) is -1.33. The maximum absolute atomic E-state index is 13.4. The summed E-state index contributed by atoms with van der Waals surface area (Å²) in [5, 5.41) is 12.2. The highest BCUT2D eigenvalue weighted by molar-refractivity contribution is 5.73. The maximum atomic E-state index is 13.4. The predicted molar refractivity (Wildman–Crippen MR) is 224 cm³/mol. The highest BCUT2D eigenvalue weighted by Gasteiger charge is 2.54. The molecule has 0 saturated carbocycles. The monoisotopic (exact) mass is 897 g/mol. The Bertz CT molecular complexity index is 1590. The number of hydrogen-bond donors (Lipinski definition) is 1. The molecule has 0 radical (unpaired) electrons. The fraction of sp³-hybridized carbons (Fsp3) is 0.778. The number of esters is 5. The zero-order valence-corrected chi connectivity index (χ0v) is 38.9. The van der Waals surface area contributed by atoms with E-state index in [2.05, 4.69) is 0 Å². The van der Waals surface area contributed by atoms with Crippen molar-refractivity contribution < 1.29 is 81.2 Å². The number of aliphatic hydroxyl groups excluding tert-OH is 1. The molecule has 3 heterocycles. The minimum atomic E-state index is -1.45. The number of carbonyl (C=O) groups is 6. The molecular formula is C45H71NO17. The Hall–Kier alpha value is -3.78. The van der Waals surface area contributed by atoms with Crippen molar-refractivity contribution in [3.63, 3.8) is 0 Å². The van der Waals surface area contributed by atoms with Crippen LogP contribution in [0.2, 0.25) is 0 Å². The molecule has 358 valence electrons. The van der Waals surface area contributed by atoms with Gasteiger partial charge >= 0.3 is 29.8 Å². The predicted octanol–water partition coefficient (Wildman–Crippen LogP) is 3.91. The van der Waals surface area contributed by atoms with Crippen LogP contribution in [-0.4, -0.2) is 153 Å².